The van der Waals surface area contributed by atoms with Gasteiger partial charge in [-0.2, -0.15) is 0 Å². The third-order valence-electron chi connectivity index (χ3n) is 8.82. The lowest BCUT2D eigenvalue weighted by atomic mass is 9.57. The number of ketones is 2. The van der Waals surface area contributed by atoms with E-state index < -0.39 is 58.0 Å². The minimum Gasteiger partial charge on any atom is -0.508 e. The van der Waals surface area contributed by atoms with Crippen LogP contribution in [0.1, 0.15) is 32.6 Å². The summed E-state index contributed by atoms with van der Waals surface area (Å²) in [6.45, 7) is 7.05. The van der Waals surface area contributed by atoms with Crippen molar-refractivity contribution in [3.63, 3.8) is 0 Å². The number of aliphatic hydroxyl groups is 3. The number of carbonyl (C=O) groups is 4. The predicted molar refractivity (Wildman–Crippen MR) is 155 cm³/mol. The summed E-state index contributed by atoms with van der Waals surface area (Å²) in [6.07, 6.45) is 3.95. The number of primary amides is 1. The second-order valence-corrected chi connectivity index (χ2v) is 12.1. The molecule has 0 bridgehead atoms. The van der Waals surface area contributed by atoms with Gasteiger partial charge in [0, 0.05) is 43.4 Å². The first-order chi connectivity index (χ1) is 19.6. The molecule has 4 rings (SSSR count). The molecule has 42 heavy (non-hydrogen) atoms. The molecule has 1 saturated carbocycles. The van der Waals surface area contributed by atoms with Gasteiger partial charge >= 0.3 is 0 Å². The van der Waals surface area contributed by atoms with Crippen molar-refractivity contribution in [3.8, 4) is 0 Å². The molecule has 1 heterocycles. The van der Waals surface area contributed by atoms with Crippen molar-refractivity contribution in [2.24, 2.45) is 17.6 Å². The molecule has 12 heteroatoms. The quantitative estimate of drug-likeness (QED) is 0.225. The molecule has 0 radical (unpaired) electrons. The highest BCUT2D eigenvalue weighted by Gasteiger charge is 2.64. The van der Waals surface area contributed by atoms with Crippen LogP contribution in [0.5, 0.6) is 0 Å². The Labute approximate surface area is 245 Å². The third-order valence-corrected chi connectivity index (χ3v) is 8.82. The largest absolute Gasteiger partial charge is 0.508 e. The molecule has 2 unspecified atom stereocenters. The summed E-state index contributed by atoms with van der Waals surface area (Å²) in [5.41, 5.74) is 4.23. The maximum absolute atomic E-state index is 13.9. The maximum Gasteiger partial charge on any atom is 0.255 e. The van der Waals surface area contributed by atoms with Crippen molar-refractivity contribution in [1.82, 2.24) is 20.4 Å². The average Bonchev–Trinajstić information content (AvgIpc) is 3.45. The van der Waals surface area contributed by atoms with Gasteiger partial charge in [-0.1, -0.05) is 12.2 Å². The van der Waals surface area contributed by atoms with Crippen LogP contribution in [0.3, 0.4) is 0 Å². The Hall–Kier alpha value is -3.74. The number of amides is 2. The highest BCUT2D eigenvalue weighted by molar-refractivity contribution is 6.24. The van der Waals surface area contributed by atoms with Crippen LogP contribution in [0.4, 0.5) is 0 Å². The third kappa shape index (κ3) is 5.07. The van der Waals surface area contributed by atoms with Gasteiger partial charge in [0.1, 0.15) is 17.1 Å². The monoisotopic (exact) mass is 583 g/mol. The van der Waals surface area contributed by atoms with Crippen LogP contribution < -0.4 is 16.4 Å². The predicted octanol–water partition coefficient (Wildman–Crippen LogP) is 0.135. The summed E-state index contributed by atoms with van der Waals surface area (Å²) in [6, 6.07) is -1.32. The fourth-order valence-electron chi connectivity index (χ4n) is 6.71. The van der Waals surface area contributed by atoms with Crippen molar-refractivity contribution < 1.29 is 34.5 Å². The highest BCUT2D eigenvalue weighted by atomic mass is 16.3. The van der Waals surface area contributed by atoms with Crippen molar-refractivity contribution in [2.75, 3.05) is 41.3 Å². The van der Waals surface area contributed by atoms with E-state index >= 15 is 0 Å². The van der Waals surface area contributed by atoms with E-state index in [1.807, 2.05) is 32.0 Å². The topological polar surface area (TPSA) is 186 Å². The van der Waals surface area contributed by atoms with Gasteiger partial charge in [-0.05, 0) is 70.8 Å². The van der Waals surface area contributed by atoms with Crippen LogP contribution in [0.15, 0.2) is 57.7 Å². The average molecular weight is 584 g/mol. The fraction of sp³-hybridized carbons (Fsp3) is 0.533. The van der Waals surface area contributed by atoms with E-state index in [-0.39, 0.29) is 35.9 Å². The number of carbonyl (C=O) groups excluding carboxylic acids is 4. The summed E-state index contributed by atoms with van der Waals surface area (Å²) < 4.78 is 0. The first-order valence-electron chi connectivity index (χ1n) is 14.1. The number of hydrogen-bond donors (Lipinski definition) is 6. The van der Waals surface area contributed by atoms with Crippen LogP contribution in [0, 0.1) is 11.8 Å². The van der Waals surface area contributed by atoms with Crippen LogP contribution in [-0.2, 0) is 19.2 Å². The smallest absolute Gasteiger partial charge is 0.255 e. The molecule has 3 aliphatic carbocycles. The molecule has 228 valence electrons. The molecule has 1 saturated heterocycles. The summed E-state index contributed by atoms with van der Waals surface area (Å²) in [5, 5.41) is 40.1. The zero-order chi connectivity index (χ0) is 31.3. The molecule has 5 atom stereocenters. The van der Waals surface area contributed by atoms with E-state index in [2.05, 4.69) is 17.2 Å². The Morgan fingerprint density at radius 3 is 2.43 bits per heavy atom. The molecule has 4 aliphatic rings. The molecular formula is C30H41N5O7. The minimum absolute atomic E-state index is 0.0525. The molecule has 2 fully saturated rings. The number of nitrogens with zero attached hydrogens (tertiary/aromatic N) is 2. The minimum atomic E-state index is -2.62. The van der Waals surface area contributed by atoms with Crippen molar-refractivity contribution in [3.05, 3.63) is 57.7 Å². The zero-order valence-corrected chi connectivity index (χ0v) is 24.8. The van der Waals surface area contributed by atoms with Gasteiger partial charge in [-0.25, -0.2) is 0 Å². The number of likely N-dealkylation sites (N-methyl/N-ethyl adjacent to an activating group) is 2. The van der Waals surface area contributed by atoms with E-state index in [4.69, 9.17) is 5.73 Å². The van der Waals surface area contributed by atoms with Gasteiger partial charge in [0.25, 0.3) is 5.91 Å². The number of aliphatic hydroxyl groups excluding tert-OH is 2. The number of Topliss-reactive ketones (excluding diaryl/α,β-unsaturated/α-hetero) is 2. The molecule has 7 N–H and O–H groups in total. The lowest BCUT2D eigenvalue weighted by Gasteiger charge is -2.50. The molecule has 0 aromatic heterocycles. The lowest BCUT2D eigenvalue weighted by Crippen LogP contribution is -2.65. The van der Waals surface area contributed by atoms with Gasteiger partial charge < -0.3 is 36.6 Å². The summed E-state index contributed by atoms with van der Waals surface area (Å²) in [7, 11) is 6.81. The van der Waals surface area contributed by atoms with E-state index in [0.717, 1.165) is 25.0 Å². The van der Waals surface area contributed by atoms with Crippen LogP contribution in [0.25, 0.3) is 0 Å². The van der Waals surface area contributed by atoms with E-state index in [1.165, 1.54) is 4.90 Å². The lowest BCUT2D eigenvalue weighted by molar-refractivity contribution is -0.154. The first kappa shape index (κ1) is 31.2. The van der Waals surface area contributed by atoms with Crippen LogP contribution >= 0.6 is 0 Å². The van der Waals surface area contributed by atoms with E-state index in [9.17, 15) is 34.5 Å². The molecule has 0 aromatic carbocycles. The Bertz CT molecular complexity index is 1370. The normalized spacial score (nSPS) is 31.3. The molecule has 2 amide bonds. The van der Waals surface area contributed by atoms with Crippen molar-refractivity contribution in [1.29, 1.82) is 0 Å². The van der Waals surface area contributed by atoms with Crippen LogP contribution in [-0.4, -0.2) is 107 Å². The van der Waals surface area contributed by atoms with Gasteiger partial charge in [0.15, 0.2) is 11.4 Å². The Morgan fingerprint density at radius 2 is 1.88 bits per heavy atom. The number of hydrogen-bond acceptors (Lipinski definition) is 10. The molecule has 1 aliphatic heterocycles. The van der Waals surface area contributed by atoms with Gasteiger partial charge in [0.2, 0.25) is 11.7 Å². The second-order valence-electron chi connectivity index (χ2n) is 12.1. The van der Waals surface area contributed by atoms with Crippen LogP contribution in [0.2, 0.25) is 0 Å². The first-order valence-corrected chi connectivity index (χ1v) is 14.1. The number of rotatable bonds is 7. The van der Waals surface area contributed by atoms with Gasteiger partial charge in [-0.3, -0.25) is 24.1 Å². The summed E-state index contributed by atoms with van der Waals surface area (Å²) >= 11 is 0. The maximum atomic E-state index is 13.9. The molecular weight excluding hydrogens is 542 g/mol. The van der Waals surface area contributed by atoms with E-state index in [0.29, 0.717) is 17.8 Å². The number of allylic oxidation sites excluding steroid dienone is 2. The second kappa shape index (κ2) is 11.5. The van der Waals surface area contributed by atoms with Gasteiger partial charge in [0.05, 0.1) is 12.1 Å². The summed E-state index contributed by atoms with van der Waals surface area (Å²) in [5.74, 6) is -6.30. The fourth-order valence-corrected chi connectivity index (χ4v) is 6.71. The Morgan fingerprint density at radius 1 is 1.21 bits per heavy atom. The standard InChI is InChI=1S/C30H41N5O7/c1-14(13-33-29(41)19-8-7-9-32-19)10-20(34(3)4)17-11-16-12-18-23(35(5)6)25(37)22(28(31)40)27(39)30(18,42)26(38)21(16)24(36)15(17)2/h10,16,18-19,23,32,36,39,42H,2,7-9,11-13H2,1,3-6H3,(H2,31,40)(H,33,41)/b14-10+,20-17+/t16-,18-,19?,23?,30-/m0/s1. The number of nitrogens with one attached hydrogen (secondary N) is 2. The van der Waals surface area contributed by atoms with Crippen molar-refractivity contribution in [2.45, 2.75) is 50.3 Å². The summed E-state index contributed by atoms with van der Waals surface area (Å²) in [4.78, 5) is 55.1. The Kier molecular flexibility index (Phi) is 8.55. The van der Waals surface area contributed by atoms with Gasteiger partial charge in [-0.15, -0.1) is 0 Å². The highest BCUT2D eigenvalue weighted by Crippen LogP contribution is 2.53. The van der Waals surface area contributed by atoms with Crippen molar-refractivity contribution >= 4 is 23.4 Å². The Balaban J connectivity index is 1.74. The zero-order valence-electron chi connectivity index (χ0n) is 24.8. The van der Waals surface area contributed by atoms with E-state index in [1.54, 1.807) is 14.1 Å². The molecule has 0 aromatic rings. The SMILES string of the molecule is C=C1C(O)=C2C(=O)[C@]3(O)C(O)=C(C(N)=O)C(=O)C(N(C)C)[C@@H]3C[C@@H]2C/C1=C(/C=C(\C)CNC(=O)C1CCCN1)N(C)C. The molecule has 12 nitrogen and oxygen atoms in total. The number of nitrogens with two attached hydrogens (primary N) is 1. The number of fused-ring (bicyclic) bond motifs is 2. The molecule has 0 spiro atoms.